The minimum atomic E-state index is -0.461. The highest BCUT2D eigenvalue weighted by Gasteiger charge is 2.18. The molecule has 2 aromatic heterocycles. The normalized spacial score (nSPS) is 16.3. The summed E-state index contributed by atoms with van der Waals surface area (Å²) in [4.78, 5) is 39.6. The van der Waals surface area contributed by atoms with E-state index in [0.29, 0.717) is 23.9 Å². The number of amides is 1. The molecule has 1 amide bonds. The van der Waals surface area contributed by atoms with E-state index in [4.69, 9.17) is 4.74 Å². The molecular formula is C21H23N3O4S. The van der Waals surface area contributed by atoms with E-state index >= 15 is 0 Å². The zero-order chi connectivity index (χ0) is 20.2. The number of benzene rings is 1. The molecule has 152 valence electrons. The first-order chi connectivity index (χ1) is 14.1. The molecule has 0 bridgehead atoms. The Hall–Kier alpha value is -2.71. The number of ether oxygens (including phenoxy) is 1. The van der Waals surface area contributed by atoms with Gasteiger partial charge in [-0.3, -0.25) is 18.7 Å². The number of carbonyl (C=O) groups excluding carboxylic acids is 1. The summed E-state index contributed by atoms with van der Waals surface area (Å²) >= 11 is 1.59. The molecule has 1 atom stereocenters. The Balaban J connectivity index is 1.61. The Morgan fingerprint density at radius 1 is 1.17 bits per heavy atom. The van der Waals surface area contributed by atoms with Crippen molar-refractivity contribution in [3.63, 3.8) is 0 Å². The molecule has 0 saturated carbocycles. The fourth-order valence-electron chi connectivity index (χ4n) is 3.63. The summed E-state index contributed by atoms with van der Waals surface area (Å²) < 4.78 is 8.14. The Bertz CT molecular complexity index is 1110. The summed E-state index contributed by atoms with van der Waals surface area (Å²) in [6.07, 6.45) is 2.56. The van der Waals surface area contributed by atoms with Crippen molar-refractivity contribution >= 4 is 28.1 Å². The third kappa shape index (κ3) is 4.33. The number of thiophene rings is 1. The highest BCUT2D eigenvalue weighted by Crippen LogP contribution is 2.12. The van der Waals surface area contributed by atoms with Crippen LogP contribution >= 0.6 is 11.3 Å². The molecule has 0 radical (unpaired) electrons. The van der Waals surface area contributed by atoms with E-state index in [9.17, 15) is 14.4 Å². The maximum Gasteiger partial charge on any atom is 0.331 e. The molecule has 1 aliphatic heterocycles. The van der Waals surface area contributed by atoms with Crippen molar-refractivity contribution in [3.05, 3.63) is 67.5 Å². The fraction of sp³-hybridized carbons (Fsp3) is 0.381. The topological polar surface area (TPSA) is 82.3 Å². The monoisotopic (exact) mass is 413 g/mol. The average molecular weight is 413 g/mol. The van der Waals surface area contributed by atoms with Crippen molar-refractivity contribution in [2.24, 2.45) is 0 Å². The number of para-hydroxylation sites is 1. The molecule has 1 aliphatic rings. The Morgan fingerprint density at radius 3 is 2.79 bits per heavy atom. The third-order valence-corrected chi connectivity index (χ3v) is 6.08. The van der Waals surface area contributed by atoms with E-state index in [1.54, 1.807) is 35.6 Å². The van der Waals surface area contributed by atoms with Crippen LogP contribution in [0.25, 0.3) is 10.9 Å². The summed E-state index contributed by atoms with van der Waals surface area (Å²) in [7, 11) is 0. The number of hydrogen-bond acceptors (Lipinski definition) is 5. The van der Waals surface area contributed by atoms with Gasteiger partial charge < -0.3 is 10.1 Å². The minimum Gasteiger partial charge on any atom is -0.376 e. The number of nitrogens with zero attached hydrogens (tertiary/aromatic N) is 2. The lowest BCUT2D eigenvalue weighted by molar-refractivity contribution is -0.122. The average Bonchev–Trinajstić information content (AvgIpc) is 3.43. The van der Waals surface area contributed by atoms with Crippen LogP contribution in [0.1, 0.15) is 17.7 Å². The zero-order valence-electron chi connectivity index (χ0n) is 16.0. The van der Waals surface area contributed by atoms with Gasteiger partial charge in [0.25, 0.3) is 5.56 Å². The summed E-state index contributed by atoms with van der Waals surface area (Å²) in [6.45, 7) is 1.30. The zero-order valence-corrected chi connectivity index (χ0v) is 16.8. The summed E-state index contributed by atoms with van der Waals surface area (Å²) in [6, 6.07) is 10.8. The highest BCUT2D eigenvalue weighted by atomic mass is 32.1. The second kappa shape index (κ2) is 8.75. The molecule has 1 fully saturated rings. The van der Waals surface area contributed by atoms with Gasteiger partial charge in [-0.25, -0.2) is 4.79 Å². The predicted octanol–water partition coefficient (Wildman–Crippen LogP) is 1.76. The van der Waals surface area contributed by atoms with Gasteiger partial charge in [-0.15, -0.1) is 11.3 Å². The number of rotatable bonds is 7. The van der Waals surface area contributed by atoms with E-state index < -0.39 is 5.69 Å². The van der Waals surface area contributed by atoms with Crippen molar-refractivity contribution < 1.29 is 9.53 Å². The summed E-state index contributed by atoms with van der Waals surface area (Å²) in [5.74, 6) is -0.267. The molecule has 8 heteroatoms. The second-order valence-corrected chi connectivity index (χ2v) is 8.14. The highest BCUT2D eigenvalue weighted by molar-refractivity contribution is 7.09. The summed E-state index contributed by atoms with van der Waals surface area (Å²) in [5, 5.41) is 5.25. The van der Waals surface area contributed by atoms with E-state index in [0.717, 1.165) is 24.3 Å². The number of aromatic nitrogens is 2. The first kappa shape index (κ1) is 19.6. The molecule has 7 nitrogen and oxygen atoms in total. The number of aryl methyl sites for hydroxylation is 1. The molecule has 29 heavy (non-hydrogen) atoms. The largest absolute Gasteiger partial charge is 0.376 e. The number of fused-ring (bicyclic) bond motifs is 1. The van der Waals surface area contributed by atoms with Crippen LogP contribution in [0.3, 0.4) is 0 Å². The molecule has 1 N–H and O–H groups in total. The van der Waals surface area contributed by atoms with E-state index in [2.05, 4.69) is 5.32 Å². The number of carbonyl (C=O) groups is 1. The van der Waals surface area contributed by atoms with Gasteiger partial charge in [0.1, 0.15) is 6.54 Å². The van der Waals surface area contributed by atoms with Crippen LogP contribution in [-0.4, -0.2) is 34.3 Å². The molecular weight excluding hydrogens is 390 g/mol. The molecule has 0 aliphatic carbocycles. The molecule has 1 aromatic carbocycles. The van der Waals surface area contributed by atoms with E-state index in [1.807, 2.05) is 17.5 Å². The maximum absolute atomic E-state index is 13.1. The lowest BCUT2D eigenvalue weighted by Crippen LogP contribution is -2.43. The van der Waals surface area contributed by atoms with Crippen molar-refractivity contribution in [3.8, 4) is 0 Å². The second-order valence-electron chi connectivity index (χ2n) is 7.11. The van der Waals surface area contributed by atoms with Gasteiger partial charge >= 0.3 is 5.69 Å². The van der Waals surface area contributed by atoms with Gasteiger partial charge in [0, 0.05) is 24.6 Å². The van der Waals surface area contributed by atoms with Gasteiger partial charge in [-0.1, -0.05) is 18.2 Å². The number of hydrogen-bond donors (Lipinski definition) is 1. The predicted molar refractivity (Wildman–Crippen MR) is 112 cm³/mol. The van der Waals surface area contributed by atoms with Gasteiger partial charge in [0.05, 0.1) is 17.0 Å². The Kier molecular flexibility index (Phi) is 5.92. The van der Waals surface area contributed by atoms with Gasteiger partial charge in [-0.05, 0) is 42.8 Å². The molecule has 4 rings (SSSR count). The van der Waals surface area contributed by atoms with Crippen LogP contribution in [0.15, 0.2) is 51.4 Å². The molecule has 0 spiro atoms. The third-order valence-electron chi connectivity index (χ3n) is 5.15. The first-order valence-corrected chi connectivity index (χ1v) is 10.6. The van der Waals surface area contributed by atoms with Crippen LogP contribution < -0.4 is 16.6 Å². The van der Waals surface area contributed by atoms with Crippen LogP contribution in [-0.2, 0) is 29.0 Å². The Labute approximate surface area is 171 Å². The maximum atomic E-state index is 13.1. The van der Waals surface area contributed by atoms with Crippen molar-refractivity contribution in [2.75, 3.05) is 13.2 Å². The molecule has 0 unspecified atom stereocenters. The van der Waals surface area contributed by atoms with Gasteiger partial charge in [0.15, 0.2) is 0 Å². The standard InChI is InChI=1S/C21H23N3O4S/c25-19(22-13-15-5-3-11-28-15)14-24-18-8-2-1-7-17(18)20(26)23(21(24)27)10-9-16-6-4-12-29-16/h1-2,4,6-8,12,15H,3,5,9-11,13-14H2,(H,22,25)/t15-/m1/s1. The van der Waals surface area contributed by atoms with Crippen LogP contribution in [0.2, 0.25) is 0 Å². The fourth-order valence-corrected chi connectivity index (χ4v) is 4.33. The minimum absolute atomic E-state index is 0.0344. The molecule has 3 heterocycles. The van der Waals surface area contributed by atoms with Gasteiger partial charge in [-0.2, -0.15) is 0 Å². The lowest BCUT2D eigenvalue weighted by Gasteiger charge is -2.15. The van der Waals surface area contributed by atoms with Crippen LogP contribution in [0.4, 0.5) is 0 Å². The molecule has 3 aromatic rings. The van der Waals surface area contributed by atoms with Crippen molar-refractivity contribution in [1.82, 2.24) is 14.5 Å². The van der Waals surface area contributed by atoms with E-state index in [1.165, 1.54) is 9.13 Å². The smallest absolute Gasteiger partial charge is 0.331 e. The SMILES string of the molecule is O=C(Cn1c(=O)n(CCc2cccs2)c(=O)c2ccccc21)NC[C@H]1CCCO1. The van der Waals surface area contributed by atoms with Crippen LogP contribution in [0.5, 0.6) is 0 Å². The molecule has 1 saturated heterocycles. The van der Waals surface area contributed by atoms with Gasteiger partial charge in [0.2, 0.25) is 5.91 Å². The quantitative estimate of drug-likeness (QED) is 0.640. The van der Waals surface area contributed by atoms with E-state index in [-0.39, 0.29) is 30.7 Å². The van der Waals surface area contributed by atoms with Crippen molar-refractivity contribution in [2.45, 2.75) is 38.5 Å². The van der Waals surface area contributed by atoms with Crippen LogP contribution in [0, 0.1) is 0 Å². The number of nitrogens with one attached hydrogen (secondary N) is 1. The lowest BCUT2D eigenvalue weighted by atomic mass is 10.2. The summed E-state index contributed by atoms with van der Waals surface area (Å²) in [5.41, 5.74) is -0.308. The Morgan fingerprint density at radius 2 is 2.03 bits per heavy atom. The van der Waals surface area contributed by atoms with Crippen molar-refractivity contribution in [1.29, 1.82) is 0 Å². The first-order valence-electron chi connectivity index (χ1n) is 9.76.